The second-order valence-corrected chi connectivity index (χ2v) is 6.45. The maximum atomic E-state index is 11.5. The summed E-state index contributed by atoms with van der Waals surface area (Å²) in [5.41, 5.74) is 2.66. The molecule has 24 heavy (non-hydrogen) atoms. The summed E-state index contributed by atoms with van der Waals surface area (Å²) < 4.78 is 5.51. The molecule has 128 valence electrons. The standard InChI is InChI=1S/C18H21NO5/c20-15(18(22)23)7-6-12-8-14-16(24-10-17(21)19-14)9-13(12)11-4-2-1-3-5-11/h8-9,11H,1-7,10H2,(H,19,21)(H,22,23). The van der Waals surface area contributed by atoms with Gasteiger partial charge in [0.15, 0.2) is 6.61 Å². The number of hydrogen-bond acceptors (Lipinski definition) is 4. The van der Waals surface area contributed by atoms with Crippen LogP contribution >= 0.6 is 0 Å². The quantitative estimate of drug-likeness (QED) is 0.809. The van der Waals surface area contributed by atoms with Gasteiger partial charge < -0.3 is 15.2 Å². The summed E-state index contributed by atoms with van der Waals surface area (Å²) in [5, 5.41) is 11.6. The number of ether oxygens (including phenoxy) is 1. The van der Waals surface area contributed by atoms with E-state index in [1.165, 1.54) is 19.3 Å². The highest BCUT2D eigenvalue weighted by Crippen LogP contribution is 2.40. The van der Waals surface area contributed by atoms with Gasteiger partial charge in [-0.3, -0.25) is 9.59 Å². The van der Waals surface area contributed by atoms with Gasteiger partial charge in [0.25, 0.3) is 5.91 Å². The number of carboxylic acid groups (broad SMARTS) is 1. The van der Waals surface area contributed by atoms with Crippen molar-refractivity contribution in [2.75, 3.05) is 11.9 Å². The minimum absolute atomic E-state index is 0.00789. The van der Waals surface area contributed by atoms with Gasteiger partial charge in [0.1, 0.15) is 5.75 Å². The Balaban J connectivity index is 1.90. The van der Waals surface area contributed by atoms with Crippen molar-refractivity contribution in [3.05, 3.63) is 23.3 Å². The number of Topliss-reactive ketones (excluding diaryl/α,β-unsaturated/α-hetero) is 1. The molecule has 2 N–H and O–H groups in total. The number of ketones is 1. The summed E-state index contributed by atoms with van der Waals surface area (Å²) >= 11 is 0. The van der Waals surface area contributed by atoms with Crippen LogP contribution in [0.15, 0.2) is 12.1 Å². The molecule has 1 fully saturated rings. The Morgan fingerprint density at radius 3 is 2.67 bits per heavy atom. The fourth-order valence-corrected chi connectivity index (χ4v) is 3.55. The Bertz CT molecular complexity index is 676. The third-order valence-electron chi connectivity index (χ3n) is 4.78. The monoisotopic (exact) mass is 331 g/mol. The van der Waals surface area contributed by atoms with E-state index < -0.39 is 11.8 Å². The van der Waals surface area contributed by atoms with Crippen molar-refractivity contribution >= 4 is 23.3 Å². The molecule has 2 aliphatic rings. The van der Waals surface area contributed by atoms with E-state index in [2.05, 4.69) is 5.32 Å². The first-order valence-electron chi connectivity index (χ1n) is 8.40. The van der Waals surface area contributed by atoms with Gasteiger partial charge in [-0.25, -0.2) is 4.79 Å². The minimum Gasteiger partial charge on any atom is -0.482 e. The lowest BCUT2D eigenvalue weighted by molar-refractivity contribution is -0.149. The molecule has 3 rings (SSSR count). The van der Waals surface area contributed by atoms with E-state index in [0.29, 0.717) is 23.8 Å². The van der Waals surface area contributed by atoms with Crippen LogP contribution in [0.25, 0.3) is 0 Å². The second kappa shape index (κ2) is 7.03. The summed E-state index contributed by atoms with van der Waals surface area (Å²) in [5.74, 6) is -1.34. The highest BCUT2D eigenvalue weighted by atomic mass is 16.5. The van der Waals surface area contributed by atoms with E-state index in [9.17, 15) is 14.4 Å². The van der Waals surface area contributed by atoms with Crippen molar-refractivity contribution < 1.29 is 24.2 Å². The van der Waals surface area contributed by atoms with Crippen LogP contribution in [0.2, 0.25) is 0 Å². The number of carbonyl (C=O) groups is 3. The largest absolute Gasteiger partial charge is 0.482 e. The van der Waals surface area contributed by atoms with Crippen molar-refractivity contribution in [1.82, 2.24) is 0 Å². The lowest BCUT2D eigenvalue weighted by atomic mass is 9.81. The average molecular weight is 331 g/mol. The Morgan fingerprint density at radius 2 is 1.96 bits per heavy atom. The van der Waals surface area contributed by atoms with Crippen LogP contribution in [0.4, 0.5) is 5.69 Å². The second-order valence-electron chi connectivity index (χ2n) is 6.45. The number of fused-ring (bicyclic) bond motifs is 1. The van der Waals surface area contributed by atoms with Gasteiger partial charge in [0.2, 0.25) is 5.78 Å². The number of nitrogens with one attached hydrogen (secondary N) is 1. The van der Waals surface area contributed by atoms with Gasteiger partial charge in [0.05, 0.1) is 5.69 Å². The first kappa shape index (κ1) is 16.5. The molecule has 1 amide bonds. The molecule has 0 atom stereocenters. The molecule has 0 unspecified atom stereocenters. The number of hydrogen-bond donors (Lipinski definition) is 2. The lowest BCUT2D eigenvalue weighted by Gasteiger charge is -2.27. The first-order valence-corrected chi connectivity index (χ1v) is 8.40. The highest BCUT2D eigenvalue weighted by molar-refractivity contribution is 6.32. The minimum atomic E-state index is -1.40. The zero-order valence-electron chi connectivity index (χ0n) is 13.5. The fraction of sp³-hybridized carbons (Fsp3) is 0.500. The summed E-state index contributed by atoms with van der Waals surface area (Å²) in [6, 6.07) is 3.80. The first-order chi connectivity index (χ1) is 11.5. The molecule has 0 spiro atoms. The molecular formula is C18H21NO5. The molecule has 1 aromatic carbocycles. The van der Waals surface area contributed by atoms with Gasteiger partial charge in [0, 0.05) is 6.42 Å². The van der Waals surface area contributed by atoms with Crippen LogP contribution < -0.4 is 10.1 Å². The molecule has 0 bridgehead atoms. The predicted molar refractivity (Wildman–Crippen MR) is 87.4 cm³/mol. The van der Waals surface area contributed by atoms with Gasteiger partial charge in [-0.1, -0.05) is 19.3 Å². The van der Waals surface area contributed by atoms with Crippen molar-refractivity contribution in [3.8, 4) is 5.75 Å². The average Bonchev–Trinajstić information content (AvgIpc) is 2.59. The number of rotatable bonds is 5. The van der Waals surface area contributed by atoms with E-state index in [1.54, 1.807) is 0 Å². The summed E-state index contributed by atoms with van der Waals surface area (Å²) in [7, 11) is 0. The number of carboxylic acids is 1. The Labute approximate surface area is 140 Å². The van der Waals surface area contributed by atoms with Crippen molar-refractivity contribution in [2.45, 2.75) is 50.9 Å². The van der Waals surface area contributed by atoms with Gasteiger partial charge in [-0.2, -0.15) is 0 Å². The van der Waals surface area contributed by atoms with Crippen LogP contribution in [-0.2, 0) is 20.8 Å². The third kappa shape index (κ3) is 3.58. The number of aryl methyl sites for hydroxylation is 1. The van der Waals surface area contributed by atoms with Crippen LogP contribution in [0.3, 0.4) is 0 Å². The molecule has 0 saturated heterocycles. The summed E-state index contributed by atoms with van der Waals surface area (Å²) in [6.45, 7) is 0.00789. The molecular weight excluding hydrogens is 310 g/mol. The van der Waals surface area contributed by atoms with Crippen LogP contribution in [0.5, 0.6) is 5.75 Å². The molecule has 6 nitrogen and oxygen atoms in total. The lowest BCUT2D eigenvalue weighted by Crippen LogP contribution is -2.26. The fourth-order valence-electron chi connectivity index (χ4n) is 3.55. The van der Waals surface area contributed by atoms with E-state index in [-0.39, 0.29) is 18.9 Å². The number of aliphatic carboxylic acids is 1. The molecule has 0 aromatic heterocycles. The molecule has 1 aliphatic heterocycles. The Hall–Kier alpha value is -2.37. The van der Waals surface area contributed by atoms with Crippen LogP contribution in [-0.4, -0.2) is 29.4 Å². The zero-order chi connectivity index (χ0) is 17.1. The predicted octanol–water partition coefficient (Wildman–Crippen LogP) is 2.65. The summed E-state index contributed by atoms with van der Waals surface area (Å²) in [4.78, 5) is 33.7. The molecule has 1 saturated carbocycles. The maximum absolute atomic E-state index is 11.5. The topological polar surface area (TPSA) is 92.7 Å². The summed E-state index contributed by atoms with van der Waals surface area (Å²) in [6.07, 6.45) is 6.08. The molecule has 1 aliphatic carbocycles. The smallest absolute Gasteiger partial charge is 0.372 e. The van der Waals surface area contributed by atoms with Crippen molar-refractivity contribution in [1.29, 1.82) is 0 Å². The van der Waals surface area contributed by atoms with E-state index >= 15 is 0 Å². The molecule has 1 aromatic rings. The normalized spacial score (nSPS) is 17.6. The number of anilines is 1. The van der Waals surface area contributed by atoms with E-state index in [4.69, 9.17) is 9.84 Å². The Morgan fingerprint density at radius 1 is 1.21 bits per heavy atom. The molecule has 6 heteroatoms. The van der Waals surface area contributed by atoms with Gasteiger partial charge in [-0.05, 0) is 48.4 Å². The van der Waals surface area contributed by atoms with Crippen molar-refractivity contribution in [2.24, 2.45) is 0 Å². The van der Waals surface area contributed by atoms with Crippen LogP contribution in [0, 0.1) is 0 Å². The molecule has 0 radical (unpaired) electrons. The number of carbonyl (C=O) groups excluding carboxylic acids is 2. The third-order valence-corrected chi connectivity index (χ3v) is 4.78. The SMILES string of the molecule is O=C1COc2cc(C3CCCCC3)c(CCC(=O)C(=O)O)cc2N1. The van der Waals surface area contributed by atoms with Crippen LogP contribution in [0.1, 0.15) is 55.6 Å². The van der Waals surface area contributed by atoms with Gasteiger partial charge >= 0.3 is 5.97 Å². The Kier molecular flexibility index (Phi) is 4.83. The van der Waals surface area contributed by atoms with E-state index in [1.807, 2.05) is 12.1 Å². The van der Waals surface area contributed by atoms with Crippen molar-refractivity contribution in [3.63, 3.8) is 0 Å². The molecule has 1 heterocycles. The number of benzene rings is 1. The highest BCUT2D eigenvalue weighted by Gasteiger charge is 2.24. The maximum Gasteiger partial charge on any atom is 0.372 e. The number of amides is 1. The van der Waals surface area contributed by atoms with Gasteiger partial charge in [-0.15, -0.1) is 0 Å². The van der Waals surface area contributed by atoms with E-state index in [0.717, 1.165) is 24.0 Å². The zero-order valence-corrected chi connectivity index (χ0v) is 13.5.